The Balaban J connectivity index is 1.38. The van der Waals surface area contributed by atoms with E-state index in [0.717, 1.165) is 48.5 Å². The van der Waals surface area contributed by atoms with E-state index < -0.39 is 0 Å². The monoisotopic (exact) mass is 396 g/mol. The first kappa shape index (κ1) is 19.4. The van der Waals surface area contributed by atoms with Crippen LogP contribution in [0.15, 0.2) is 42.5 Å². The lowest BCUT2D eigenvalue weighted by atomic mass is 10.1. The number of amides is 1. The minimum atomic E-state index is -0.233. The van der Waals surface area contributed by atoms with Gasteiger partial charge in [-0.25, -0.2) is 9.37 Å². The van der Waals surface area contributed by atoms with Gasteiger partial charge in [-0.05, 0) is 48.7 Å². The highest BCUT2D eigenvalue weighted by Gasteiger charge is 2.18. The number of imidazole rings is 1. The van der Waals surface area contributed by atoms with Crippen molar-refractivity contribution in [1.29, 1.82) is 0 Å². The van der Waals surface area contributed by atoms with Gasteiger partial charge in [0.2, 0.25) is 5.95 Å². The molecule has 0 saturated carbocycles. The fourth-order valence-corrected chi connectivity index (χ4v) is 3.62. The molecule has 0 unspecified atom stereocenters. The second-order valence-electron chi connectivity index (χ2n) is 7.26. The van der Waals surface area contributed by atoms with Gasteiger partial charge in [0, 0.05) is 32.2 Å². The molecule has 1 N–H and O–H groups in total. The topological polar surface area (TPSA) is 59.4 Å². The summed E-state index contributed by atoms with van der Waals surface area (Å²) in [4.78, 5) is 19.5. The number of carbonyl (C=O) groups excluding carboxylic acids is 1. The minimum absolute atomic E-state index is 0.107. The van der Waals surface area contributed by atoms with E-state index in [4.69, 9.17) is 9.72 Å². The van der Waals surface area contributed by atoms with Gasteiger partial charge in [0.1, 0.15) is 5.82 Å². The van der Waals surface area contributed by atoms with Gasteiger partial charge in [-0.2, -0.15) is 0 Å². The van der Waals surface area contributed by atoms with Gasteiger partial charge in [-0.1, -0.05) is 12.1 Å². The number of hydrogen-bond donors (Lipinski definition) is 1. The van der Waals surface area contributed by atoms with Crippen LogP contribution in [-0.4, -0.2) is 48.3 Å². The summed E-state index contributed by atoms with van der Waals surface area (Å²) in [5.74, 6) is 0.563. The van der Waals surface area contributed by atoms with E-state index in [1.54, 1.807) is 12.1 Å². The average Bonchev–Trinajstić information content (AvgIpc) is 3.09. The lowest BCUT2D eigenvalue weighted by molar-refractivity contribution is 0.0953. The minimum Gasteiger partial charge on any atom is -0.378 e. The quantitative estimate of drug-likeness (QED) is 0.651. The Bertz CT molecular complexity index is 994. The van der Waals surface area contributed by atoms with E-state index >= 15 is 0 Å². The Hall–Kier alpha value is -2.93. The number of morpholine rings is 1. The first-order chi connectivity index (χ1) is 14.1. The molecule has 152 valence electrons. The highest BCUT2D eigenvalue weighted by atomic mass is 19.1. The molecule has 29 heavy (non-hydrogen) atoms. The smallest absolute Gasteiger partial charge is 0.251 e. The summed E-state index contributed by atoms with van der Waals surface area (Å²) in [5, 5.41) is 2.96. The number of benzene rings is 2. The van der Waals surface area contributed by atoms with Crippen LogP contribution in [0.2, 0.25) is 0 Å². The number of aromatic nitrogens is 2. The maximum absolute atomic E-state index is 12.9. The molecule has 4 rings (SSSR count). The molecule has 6 nitrogen and oxygen atoms in total. The predicted molar refractivity (Wildman–Crippen MR) is 111 cm³/mol. The van der Waals surface area contributed by atoms with Crippen molar-refractivity contribution in [2.24, 2.45) is 7.05 Å². The molecule has 0 bridgehead atoms. The Morgan fingerprint density at radius 2 is 1.93 bits per heavy atom. The van der Waals surface area contributed by atoms with E-state index in [0.29, 0.717) is 25.3 Å². The van der Waals surface area contributed by atoms with Gasteiger partial charge in [0.15, 0.2) is 0 Å². The van der Waals surface area contributed by atoms with Gasteiger partial charge < -0.3 is 19.5 Å². The van der Waals surface area contributed by atoms with Crippen molar-refractivity contribution in [3.63, 3.8) is 0 Å². The molecule has 1 saturated heterocycles. The molecule has 0 radical (unpaired) electrons. The summed E-state index contributed by atoms with van der Waals surface area (Å²) >= 11 is 0. The highest BCUT2D eigenvalue weighted by molar-refractivity contribution is 5.97. The Kier molecular flexibility index (Phi) is 5.76. The summed E-state index contributed by atoms with van der Waals surface area (Å²) in [5.41, 5.74) is 3.48. The van der Waals surface area contributed by atoms with Crippen molar-refractivity contribution >= 4 is 22.9 Å². The molecule has 1 aliphatic heterocycles. The van der Waals surface area contributed by atoms with Crippen LogP contribution < -0.4 is 10.2 Å². The average molecular weight is 396 g/mol. The molecular formula is C22H25FN4O2. The molecule has 1 amide bonds. The third kappa shape index (κ3) is 4.40. The van der Waals surface area contributed by atoms with Crippen molar-refractivity contribution in [3.8, 4) is 0 Å². The van der Waals surface area contributed by atoms with Gasteiger partial charge in [-0.15, -0.1) is 0 Å². The molecule has 1 aromatic heterocycles. The number of fused-ring (bicyclic) bond motifs is 1. The van der Waals surface area contributed by atoms with E-state index in [1.165, 1.54) is 12.1 Å². The van der Waals surface area contributed by atoms with Crippen molar-refractivity contribution < 1.29 is 13.9 Å². The summed E-state index contributed by atoms with van der Waals surface area (Å²) < 4.78 is 20.4. The molecule has 0 atom stereocenters. The zero-order chi connectivity index (χ0) is 20.2. The van der Waals surface area contributed by atoms with Gasteiger partial charge in [0.25, 0.3) is 5.91 Å². The predicted octanol–water partition coefficient (Wildman–Crippen LogP) is 2.91. The summed E-state index contributed by atoms with van der Waals surface area (Å²) in [6.07, 6.45) is 1.59. The summed E-state index contributed by atoms with van der Waals surface area (Å²) in [7, 11) is 2.00. The van der Waals surface area contributed by atoms with Crippen LogP contribution in [0, 0.1) is 5.82 Å². The molecule has 0 spiro atoms. The number of aryl methyl sites for hydroxylation is 2. The van der Waals surface area contributed by atoms with E-state index in [2.05, 4.69) is 14.8 Å². The molecular weight excluding hydrogens is 371 g/mol. The number of rotatable bonds is 6. The normalized spacial score (nSPS) is 14.3. The number of hydrogen-bond acceptors (Lipinski definition) is 4. The Morgan fingerprint density at radius 1 is 1.17 bits per heavy atom. The molecule has 7 heteroatoms. The van der Waals surface area contributed by atoms with Crippen LogP contribution in [-0.2, 0) is 18.2 Å². The molecule has 2 aromatic carbocycles. The molecule has 3 aromatic rings. The lowest BCUT2D eigenvalue weighted by Gasteiger charge is -2.27. The van der Waals surface area contributed by atoms with Crippen LogP contribution in [0.3, 0.4) is 0 Å². The zero-order valence-electron chi connectivity index (χ0n) is 16.5. The number of ether oxygens (including phenoxy) is 1. The largest absolute Gasteiger partial charge is 0.378 e. The van der Waals surface area contributed by atoms with E-state index in [9.17, 15) is 9.18 Å². The van der Waals surface area contributed by atoms with Crippen molar-refractivity contribution in [3.05, 3.63) is 59.4 Å². The first-order valence-corrected chi connectivity index (χ1v) is 9.93. The van der Waals surface area contributed by atoms with Crippen LogP contribution >= 0.6 is 0 Å². The molecule has 1 fully saturated rings. The Morgan fingerprint density at radius 3 is 2.69 bits per heavy atom. The number of anilines is 1. The number of halogens is 1. The van der Waals surface area contributed by atoms with Crippen LogP contribution in [0.4, 0.5) is 10.3 Å². The van der Waals surface area contributed by atoms with Gasteiger partial charge >= 0.3 is 0 Å². The fraction of sp³-hybridized carbons (Fsp3) is 0.364. The standard InChI is InChI=1S/C22H25FN4O2/c1-26-20-9-6-17(15-19(20)25-22(26)27-11-13-29-14-12-27)21(28)24-10-2-3-16-4-7-18(23)8-5-16/h4-9,15H,2-3,10-14H2,1H3,(H,24,28). The summed E-state index contributed by atoms with van der Waals surface area (Å²) in [6.45, 7) is 3.61. The highest BCUT2D eigenvalue weighted by Crippen LogP contribution is 2.23. The zero-order valence-corrected chi connectivity index (χ0v) is 16.5. The third-order valence-electron chi connectivity index (χ3n) is 5.25. The maximum Gasteiger partial charge on any atom is 0.251 e. The third-order valence-corrected chi connectivity index (χ3v) is 5.25. The molecule has 1 aliphatic rings. The van der Waals surface area contributed by atoms with Gasteiger partial charge in [0.05, 0.1) is 24.2 Å². The number of nitrogens with zero attached hydrogens (tertiary/aromatic N) is 3. The maximum atomic E-state index is 12.9. The molecule has 0 aliphatic carbocycles. The van der Waals surface area contributed by atoms with Crippen LogP contribution in [0.25, 0.3) is 11.0 Å². The second-order valence-corrected chi connectivity index (χ2v) is 7.26. The van der Waals surface area contributed by atoms with Crippen LogP contribution in [0.5, 0.6) is 0 Å². The van der Waals surface area contributed by atoms with E-state index in [1.807, 2.05) is 25.2 Å². The first-order valence-electron chi connectivity index (χ1n) is 9.93. The van der Waals surface area contributed by atoms with Gasteiger partial charge in [-0.3, -0.25) is 4.79 Å². The molecule has 2 heterocycles. The SMILES string of the molecule is Cn1c(N2CCOCC2)nc2cc(C(=O)NCCCc3ccc(F)cc3)ccc21. The second kappa shape index (κ2) is 8.61. The number of carbonyl (C=O) groups is 1. The Labute approximate surface area is 169 Å². The van der Waals surface area contributed by atoms with Crippen LogP contribution in [0.1, 0.15) is 22.3 Å². The van der Waals surface area contributed by atoms with Crippen molar-refractivity contribution in [1.82, 2.24) is 14.9 Å². The van der Waals surface area contributed by atoms with Crippen molar-refractivity contribution in [2.75, 3.05) is 37.7 Å². The number of nitrogens with one attached hydrogen (secondary N) is 1. The van der Waals surface area contributed by atoms with E-state index in [-0.39, 0.29) is 11.7 Å². The van der Waals surface area contributed by atoms with Crippen molar-refractivity contribution in [2.45, 2.75) is 12.8 Å². The lowest BCUT2D eigenvalue weighted by Crippen LogP contribution is -2.37. The summed E-state index contributed by atoms with van der Waals surface area (Å²) in [6, 6.07) is 12.1. The fourth-order valence-electron chi connectivity index (χ4n) is 3.62.